The molecule has 0 radical (unpaired) electrons. The maximum Gasteiger partial charge on any atom is 0.233 e. The number of nitrogens with zero attached hydrogens (tertiary/aromatic N) is 1. The predicted molar refractivity (Wildman–Crippen MR) is 81.3 cm³/mol. The lowest BCUT2D eigenvalue weighted by Gasteiger charge is -2.19. The average molecular weight is 330 g/mol. The number of sulfone groups is 1. The summed E-state index contributed by atoms with van der Waals surface area (Å²) in [6.07, 6.45) is 6.23. The van der Waals surface area contributed by atoms with Crippen LogP contribution in [0.15, 0.2) is 21.9 Å². The molecule has 1 aliphatic heterocycles. The number of rotatable bonds is 4. The first-order valence-corrected chi connectivity index (χ1v) is 9.93. The van der Waals surface area contributed by atoms with E-state index >= 15 is 0 Å². The molecule has 1 atom stereocenters. The molecule has 1 unspecified atom stereocenters. The molecule has 1 fully saturated rings. The third kappa shape index (κ3) is 2.51. The molecule has 108 valence electrons. The van der Waals surface area contributed by atoms with Gasteiger partial charge in [-0.05, 0) is 12.8 Å². The van der Waals surface area contributed by atoms with Crippen LogP contribution in [0, 0.1) is 11.3 Å². The Hall–Kier alpha value is -0.860. The topological polar surface area (TPSA) is 76.1 Å². The van der Waals surface area contributed by atoms with Crippen molar-refractivity contribution in [2.75, 3.05) is 17.3 Å². The molecule has 1 amide bonds. The molecular weight excluding hydrogens is 316 g/mol. The molecule has 1 aromatic rings. The first kappa shape index (κ1) is 14.1. The molecule has 0 aromatic carbocycles. The van der Waals surface area contributed by atoms with Crippen molar-refractivity contribution in [3.63, 3.8) is 0 Å². The molecule has 1 N–H and O–H groups in total. The summed E-state index contributed by atoms with van der Waals surface area (Å²) in [4.78, 5) is 16.5. The highest BCUT2D eigenvalue weighted by Crippen LogP contribution is 2.57. The third-order valence-corrected chi connectivity index (χ3v) is 7.48. The van der Waals surface area contributed by atoms with Crippen molar-refractivity contribution in [3.05, 3.63) is 21.9 Å². The van der Waals surface area contributed by atoms with Gasteiger partial charge in [0.25, 0.3) is 0 Å². The third-order valence-electron chi connectivity index (χ3n) is 3.71. The number of nitrogens with one attached hydrogen (secondary N) is 1. The van der Waals surface area contributed by atoms with Crippen molar-refractivity contribution >= 4 is 44.0 Å². The van der Waals surface area contributed by atoms with Crippen molar-refractivity contribution in [1.82, 2.24) is 4.98 Å². The Morgan fingerprint density at radius 1 is 1.50 bits per heavy atom. The quantitative estimate of drug-likeness (QED) is 0.915. The van der Waals surface area contributed by atoms with Gasteiger partial charge in [0.05, 0.1) is 9.65 Å². The van der Waals surface area contributed by atoms with Gasteiger partial charge in [-0.1, -0.05) is 6.08 Å². The van der Waals surface area contributed by atoms with Crippen LogP contribution in [0.4, 0.5) is 5.13 Å². The van der Waals surface area contributed by atoms with E-state index in [1.807, 2.05) is 5.38 Å². The normalized spacial score (nSPS) is 24.2. The Morgan fingerprint density at radius 3 is 2.75 bits per heavy atom. The molecule has 5 nitrogen and oxygen atoms in total. The summed E-state index contributed by atoms with van der Waals surface area (Å²) in [5, 5.41) is 5.24. The van der Waals surface area contributed by atoms with Crippen molar-refractivity contribution < 1.29 is 13.2 Å². The summed E-state index contributed by atoms with van der Waals surface area (Å²) >= 11 is 2.71. The Kier molecular flexibility index (Phi) is 3.42. The first-order valence-electron chi connectivity index (χ1n) is 6.17. The molecule has 20 heavy (non-hydrogen) atoms. The number of anilines is 1. The van der Waals surface area contributed by atoms with Crippen molar-refractivity contribution in [2.45, 2.75) is 12.8 Å². The molecule has 0 saturated heterocycles. The summed E-state index contributed by atoms with van der Waals surface area (Å²) in [6, 6.07) is 0. The van der Waals surface area contributed by atoms with Gasteiger partial charge >= 0.3 is 0 Å². The summed E-state index contributed by atoms with van der Waals surface area (Å²) < 4.78 is 23.5. The maximum absolute atomic E-state index is 12.4. The van der Waals surface area contributed by atoms with Gasteiger partial charge in [0.2, 0.25) is 5.91 Å². The second-order valence-electron chi connectivity index (χ2n) is 5.12. The predicted octanol–water partition coefficient (Wildman–Crippen LogP) is 2.11. The summed E-state index contributed by atoms with van der Waals surface area (Å²) in [5.74, 6) is 0.620. The second-order valence-corrected chi connectivity index (χ2v) is 9.32. The minimum absolute atomic E-state index is 0.00260. The van der Waals surface area contributed by atoms with Gasteiger partial charge in [0.1, 0.15) is 0 Å². The van der Waals surface area contributed by atoms with E-state index in [0.29, 0.717) is 15.1 Å². The van der Waals surface area contributed by atoms with E-state index in [2.05, 4.69) is 10.3 Å². The van der Waals surface area contributed by atoms with Gasteiger partial charge in [-0.2, -0.15) is 0 Å². The van der Waals surface area contributed by atoms with Crippen molar-refractivity contribution in [3.8, 4) is 0 Å². The van der Waals surface area contributed by atoms with Crippen LogP contribution in [0.3, 0.4) is 0 Å². The van der Waals surface area contributed by atoms with Crippen LogP contribution in [-0.4, -0.2) is 31.3 Å². The number of amides is 1. The Morgan fingerprint density at radius 2 is 2.25 bits per heavy atom. The van der Waals surface area contributed by atoms with Crippen LogP contribution in [0.1, 0.15) is 12.8 Å². The molecule has 3 rings (SSSR count). The van der Waals surface area contributed by atoms with E-state index in [4.69, 9.17) is 0 Å². The van der Waals surface area contributed by atoms with E-state index in [9.17, 15) is 13.2 Å². The van der Waals surface area contributed by atoms with Gasteiger partial charge in [0.15, 0.2) is 15.0 Å². The summed E-state index contributed by atoms with van der Waals surface area (Å²) in [7, 11) is -3.16. The minimum atomic E-state index is -3.16. The van der Waals surface area contributed by atoms with Crippen molar-refractivity contribution in [1.29, 1.82) is 0 Å². The number of thioether (sulfide) groups is 1. The number of carbonyl (C=O) groups excluding carboxylic acids is 1. The van der Waals surface area contributed by atoms with Crippen LogP contribution in [0.25, 0.3) is 0 Å². The summed E-state index contributed by atoms with van der Waals surface area (Å²) in [6.45, 7) is 0. The second kappa shape index (κ2) is 4.85. The molecule has 1 saturated carbocycles. The highest BCUT2D eigenvalue weighted by molar-refractivity contribution is 8.18. The highest BCUT2D eigenvalue weighted by Gasteiger charge is 2.56. The first-order chi connectivity index (χ1) is 9.42. The molecule has 1 aromatic heterocycles. The number of thiazole rings is 1. The van der Waals surface area contributed by atoms with E-state index < -0.39 is 15.3 Å². The van der Waals surface area contributed by atoms with Gasteiger partial charge in [-0.3, -0.25) is 4.79 Å². The van der Waals surface area contributed by atoms with E-state index in [0.717, 1.165) is 12.8 Å². The zero-order valence-corrected chi connectivity index (χ0v) is 13.3. The molecule has 0 spiro atoms. The smallest absolute Gasteiger partial charge is 0.233 e. The van der Waals surface area contributed by atoms with Crippen LogP contribution in [-0.2, 0) is 14.6 Å². The van der Waals surface area contributed by atoms with Crippen LogP contribution >= 0.6 is 23.1 Å². The van der Waals surface area contributed by atoms with Crippen LogP contribution in [0.5, 0.6) is 0 Å². The molecular formula is C12H14N2O3S3. The molecule has 2 heterocycles. The zero-order chi connectivity index (χ0) is 14.4. The number of carbonyl (C=O) groups is 1. The monoisotopic (exact) mass is 330 g/mol. The number of hydrogen-bond acceptors (Lipinski definition) is 6. The fourth-order valence-electron chi connectivity index (χ4n) is 2.39. The summed E-state index contributed by atoms with van der Waals surface area (Å²) in [5.41, 5.74) is -0.439. The van der Waals surface area contributed by atoms with Gasteiger partial charge in [-0.15, -0.1) is 23.1 Å². The Labute approximate surface area is 125 Å². The Balaban J connectivity index is 1.77. The van der Waals surface area contributed by atoms with Gasteiger partial charge in [0, 0.05) is 29.5 Å². The zero-order valence-electron chi connectivity index (χ0n) is 10.8. The molecule has 2 aliphatic rings. The van der Waals surface area contributed by atoms with E-state index in [1.54, 1.807) is 12.3 Å². The fraction of sp³-hybridized carbons (Fsp3) is 0.500. The standard InChI is InChI=1S/C12H14N2O3S3/c1-20(16,17)9-6-8(7-19-9)12(2-3-12)10(15)14-11-13-4-5-18-11/h4-6,8H,2-3,7H2,1H3,(H,13,14,15). The SMILES string of the molecule is CS(=O)(=O)C1=CC(C2(C(=O)Nc3nccs3)CC2)CS1. The Bertz CT molecular complexity index is 660. The maximum atomic E-state index is 12.4. The lowest BCUT2D eigenvalue weighted by molar-refractivity contribution is -0.122. The fourth-order valence-corrected chi connectivity index (χ4v) is 5.41. The molecule has 0 bridgehead atoms. The largest absolute Gasteiger partial charge is 0.301 e. The average Bonchev–Trinajstić information content (AvgIpc) is 2.81. The molecule has 8 heteroatoms. The minimum Gasteiger partial charge on any atom is -0.301 e. The van der Waals surface area contributed by atoms with Crippen molar-refractivity contribution in [2.24, 2.45) is 11.3 Å². The van der Waals surface area contributed by atoms with Crippen LogP contribution < -0.4 is 5.32 Å². The van der Waals surface area contributed by atoms with Crippen LogP contribution in [0.2, 0.25) is 0 Å². The molecule has 1 aliphatic carbocycles. The number of aromatic nitrogens is 1. The highest BCUT2D eigenvalue weighted by atomic mass is 32.3. The van der Waals surface area contributed by atoms with Gasteiger partial charge in [-0.25, -0.2) is 13.4 Å². The lowest BCUT2D eigenvalue weighted by Crippen LogP contribution is -2.30. The number of allylic oxidation sites excluding steroid dienone is 1. The number of hydrogen-bond donors (Lipinski definition) is 1. The van der Waals surface area contributed by atoms with E-state index in [1.165, 1.54) is 29.4 Å². The van der Waals surface area contributed by atoms with Gasteiger partial charge < -0.3 is 5.32 Å². The van der Waals surface area contributed by atoms with E-state index in [-0.39, 0.29) is 11.8 Å². The lowest BCUT2D eigenvalue weighted by atomic mass is 9.90.